The third kappa shape index (κ3) is 2.74. The van der Waals surface area contributed by atoms with E-state index in [1.54, 1.807) is 6.33 Å². The molecule has 1 saturated carbocycles. The molecule has 0 saturated heterocycles. The molecule has 1 fully saturated rings. The van der Waals surface area contributed by atoms with Gasteiger partial charge in [-0.1, -0.05) is 23.9 Å². The van der Waals surface area contributed by atoms with Crippen molar-refractivity contribution in [3.05, 3.63) is 46.3 Å². The quantitative estimate of drug-likeness (QED) is 0.413. The highest BCUT2D eigenvalue weighted by molar-refractivity contribution is 7.98. The summed E-state index contributed by atoms with van der Waals surface area (Å²) in [5.41, 5.74) is 8.81. The van der Waals surface area contributed by atoms with Gasteiger partial charge in [-0.25, -0.2) is 15.0 Å². The first kappa shape index (κ1) is 16.2. The molecule has 0 amide bonds. The van der Waals surface area contributed by atoms with Gasteiger partial charge < -0.3 is 10.7 Å². The lowest BCUT2D eigenvalue weighted by Crippen LogP contribution is -2.25. The molecule has 9 heteroatoms. The Morgan fingerprint density at radius 3 is 2.96 bits per heavy atom. The molecule has 4 aromatic rings. The molecule has 1 aliphatic carbocycles. The van der Waals surface area contributed by atoms with E-state index in [1.165, 1.54) is 11.8 Å². The molecule has 1 aliphatic rings. The number of nitrogens with zero attached hydrogens (tertiary/aromatic N) is 5. The van der Waals surface area contributed by atoms with E-state index in [-0.39, 0.29) is 17.5 Å². The van der Waals surface area contributed by atoms with Gasteiger partial charge in [0.05, 0.1) is 23.0 Å². The lowest BCUT2D eigenvalue weighted by Gasteiger charge is -2.13. The summed E-state index contributed by atoms with van der Waals surface area (Å²) < 4.78 is 1.86. The maximum absolute atomic E-state index is 13.1. The lowest BCUT2D eigenvalue weighted by atomic mass is 10.1. The minimum Gasteiger partial charge on any atom is -0.368 e. The van der Waals surface area contributed by atoms with Crippen molar-refractivity contribution in [3.63, 3.8) is 0 Å². The number of imidazole rings is 1. The van der Waals surface area contributed by atoms with E-state index in [2.05, 4.69) is 19.9 Å². The van der Waals surface area contributed by atoms with Crippen LogP contribution in [0.15, 0.2) is 34.3 Å². The molecule has 27 heavy (non-hydrogen) atoms. The van der Waals surface area contributed by atoms with Crippen molar-refractivity contribution in [2.45, 2.75) is 36.6 Å². The number of thioether (sulfide) groups is 1. The highest BCUT2D eigenvalue weighted by Gasteiger charge is 2.28. The first-order chi connectivity index (χ1) is 13.1. The number of hydrogen-bond donors (Lipinski definition) is 2. The largest absolute Gasteiger partial charge is 0.368 e. The van der Waals surface area contributed by atoms with Gasteiger partial charge >= 0.3 is 0 Å². The SMILES string of the molecule is Cc1cccc2nc(CSc3nc(N)nc4nc[nH]c34)n(C3CC3)c(=O)c12. The second-order valence-corrected chi connectivity index (χ2v) is 7.64. The predicted molar refractivity (Wildman–Crippen MR) is 105 cm³/mol. The number of nitrogens with one attached hydrogen (secondary N) is 1. The molecule has 0 radical (unpaired) electrons. The number of benzene rings is 1. The Balaban J connectivity index is 1.59. The number of aromatic nitrogens is 6. The molecular weight excluding hydrogens is 362 g/mol. The fraction of sp³-hybridized carbons (Fsp3) is 0.278. The van der Waals surface area contributed by atoms with Crippen molar-refractivity contribution in [1.82, 2.24) is 29.5 Å². The van der Waals surface area contributed by atoms with Crippen molar-refractivity contribution in [1.29, 1.82) is 0 Å². The average molecular weight is 379 g/mol. The minimum absolute atomic E-state index is 0.0464. The summed E-state index contributed by atoms with van der Waals surface area (Å²) in [6.07, 6.45) is 3.60. The summed E-state index contributed by atoms with van der Waals surface area (Å²) in [7, 11) is 0. The number of nitrogen functional groups attached to an aromatic ring is 1. The maximum Gasteiger partial charge on any atom is 0.261 e. The van der Waals surface area contributed by atoms with E-state index in [9.17, 15) is 4.79 Å². The molecule has 8 nitrogen and oxygen atoms in total. The number of H-pyrrole nitrogens is 1. The molecular formula is C18H17N7OS. The highest BCUT2D eigenvalue weighted by Crippen LogP contribution is 2.36. The third-order valence-electron chi connectivity index (χ3n) is 4.73. The topological polar surface area (TPSA) is 115 Å². The molecule has 5 rings (SSSR count). The maximum atomic E-state index is 13.1. The predicted octanol–water partition coefficient (Wildman–Crippen LogP) is 2.58. The van der Waals surface area contributed by atoms with Gasteiger partial charge in [-0.15, -0.1) is 0 Å². The van der Waals surface area contributed by atoms with Crippen LogP contribution in [0.25, 0.3) is 22.1 Å². The van der Waals surface area contributed by atoms with Crippen molar-refractivity contribution in [3.8, 4) is 0 Å². The number of fused-ring (bicyclic) bond motifs is 2. The molecule has 0 aliphatic heterocycles. The number of aromatic amines is 1. The first-order valence-electron chi connectivity index (χ1n) is 8.72. The molecule has 1 aromatic carbocycles. The molecule has 3 aromatic heterocycles. The van der Waals surface area contributed by atoms with Crippen LogP contribution in [0.3, 0.4) is 0 Å². The van der Waals surface area contributed by atoms with Crippen molar-refractivity contribution in [2.24, 2.45) is 0 Å². The second kappa shape index (κ2) is 6.05. The van der Waals surface area contributed by atoms with Gasteiger partial charge in [0, 0.05) is 6.04 Å². The summed E-state index contributed by atoms with van der Waals surface area (Å²) in [4.78, 5) is 33.6. The van der Waals surface area contributed by atoms with Crippen molar-refractivity contribution >= 4 is 39.8 Å². The zero-order chi connectivity index (χ0) is 18.5. The van der Waals surface area contributed by atoms with Crippen LogP contribution >= 0.6 is 11.8 Å². The molecule has 3 N–H and O–H groups in total. The van der Waals surface area contributed by atoms with Crippen LogP contribution < -0.4 is 11.3 Å². The smallest absolute Gasteiger partial charge is 0.261 e. The number of hydrogen-bond acceptors (Lipinski definition) is 7. The van der Waals surface area contributed by atoms with Crippen molar-refractivity contribution in [2.75, 3.05) is 5.73 Å². The van der Waals surface area contributed by atoms with Gasteiger partial charge in [0.25, 0.3) is 5.56 Å². The number of nitrogens with two attached hydrogens (primary N) is 1. The summed E-state index contributed by atoms with van der Waals surface area (Å²) in [6, 6.07) is 6.02. The second-order valence-electron chi connectivity index (χ2n) is 6.68. The van der Waals surface area contributed by atoms with Crippen LogP contribution in [0.2, 0.25) is 0 Å². The van der Waals surface area contributed by atoms with E-state index >= 15 is 0 Å². The van der Waals surface area contributed by atoms with E-state index in [0.717, 1.165) is 35.3 Å². The standard InChI is InChI=1S/C18H17N7OS/c1-9-3-2-4-11-13(9)17(26)25(10-5-6-10)12(22-11)7-27-16-14-15(21-8-20-14)23-18(19)24-16/h2-4,8,10H,5-7H2,1H3,(H3,19,20,21,23,24). The average Bonchev–Trinajstić information content (AvgIpc) is 3.36. The molecule has 0 spiro atoms. The number of anilines is 1. The number of aryl methyl sites for hydroxylation is 1. The van der Waals surface area contributed by atoms with Crippen LogP contribution in [0.4, 0.5) is 5.95 Å². The van der Waals surface area contributed by atoms with Gasteiger partial charge in [-0.05, 0) is 31.4 Å². The normalized spacial score (nSPS) is 14.3. The molecule has 0 bridgehead atoms. The van der Waals surface area contributed by atoms with Crippen LogP contribution in [0.5, 0.6) is 0 Å². The first-order valence-corrected chi connectivity index (χ1v) is 9.70. The Morgan fingerprint density at radius 1 is 1.30 bits per heavy atom. The van der Waals surface area contributed by atoms with Crippen LogP contribution in [-0.4, -0.2) is 29.5 Å². The Kier molecular flexibility index (Phi) is 3.64. The Morgan fingerprint density at radius 2 is 2.15 bits per heavy atom. The zero-order valence-corrected chi connectivity index (χ0v) is 15.5. The molecule has 3 heterocycles. The van der Waals surface area contributed by atoms with E-state index < -0.39 is 0 Å². The van der Waals surface area contributed by atoms with E-state index in [0.29, 0.717) is 21.8 Å². The van der Waals surface area contributed by atoms with E-state index in [4.69, 9.17) is 10.7 Å². The third-order valence-corrected chi connectivity index (χ3v) is 5.70. The zero-order valence-electron chi connectivity index (χ0n) is 14.6. The van der Waals surface area contributed by atoms with Crippen LogP contribution in [-0.2, 0) is 5.75 Å². The van der Waals surface area contributed by atoms with Gasteiger partial charge in [-0.2, -0.15) is 4.98 Å². The van der Waals surface area contributed by atoms with Crippen LogP contribution in [0.1, 0.15) is 30.3 Å². The lowest BCUT2D eigenvalue weighted by molar-refractivity contribution is 0.663. The minimum atomic E-state index is 0.0464. The van der Waals surface area contributed by atoms with E-state index in [1.807, 2.05) is 29.7 Å². The van der Waals surface area contributed by atoms with Crippen molar-refractivity contribution < 1.29 is 0 Å². The Hall–Kier alpha value is -2.94. The summed E-state index contributed by atoms with van der Waals surface area (Å²) >= 11 is 1.48. The van der Waals surface area contributed by atoms with Crippen LogP contribution in [0, 0.1) is 6.92 Å². The molecule has 0 atom stereocenters. The summed E-state index contributed by atoms with van der Waals surface area (Å²) in [5, 5.41) is 1.41. The molecule has 0 unspecified atom stereocenters. The number of rotatable bonds is 4. The monoisotopic (exact) mass is 379 g/mol. The highest BCUT2D eigenvalue weighted by atomic mass is 32.2. The van der Waals surface area contributed by atoms with Gasteiger partial charge in [0.15, 0.2) is 5.65 Å². The van der Waals surface area contributed by atoms with Gasteiger partial charge in [0.1, 0.15) is 16.4 Å². The van der Waals surface area contributed by atoms with Gasteiger partial charge in [-0.3, -0.25) is 9.36 Å². The van der Waals surface area contributed by atoms with Gasteiger partial charge in [0.2, 0.25) is 5.95 Å². The fourth-order valence-corrected chi connectivity index (χ4v) is 4.25. The summed E-state index contributed by atoms with van der Waals surface area (Å²) in [5.74, 6) is 1.45. The Bertz CT molecular complexity index is 1240. The fourth-order valence-electron chi connectivity index (χ4n) is 3.33. The summed E-state index contributed by atoms with van der Waals surface area (Å²) in [6.45, 7) is 1.95. The Labute approximate surface area is 158 Å². The molecule has 136 valence electrons.